The van der Waals surface area contributed by atoms with E-state index in [0.717, 1.165) is 34.2 Å². The standard InChI is InChI=1S/C24H25NO2S/c1-23(2)21-13-16-18(8-6-9-19(16)26)24(23,3)11-12-25(21)22(27)17-14-28-20-10-5-4-7-15(17)20/h4-10,14,21,26H,11-13H2,1-3H3/t21-,24+/m1/s1. The monoisotopic (exact) mass is 391 g/mol. The first kappa shape index (κ1) is 17.7. The second-order valence-electron chi connectivity index (χ2n) is 8.97. The topological polar surface area (TPSA) is 40.5 Å². The summed E-state index contributed by atoms with van der Waals surface area (Å²) in [5.41, 5.74) is 2.94. The number of piperidine rings is 1. The SMILES string of the molecule is CC1(C)[C@H]2Cc3c(O)cccc3[C@]1(C)CCN2C(=O)c1csc2ccccc12. The summed E-state index contributed by atoms with van der Waals surface area (Å²) in [7, 11) is 0. The molecule has 1 aromatic heterocycles. The molecule has 3 aromatic rings. The molecule has 144 valence electrons. The number of carbonyl (C=O) groups excluding carboxylic acids is 1. The fourth-order valence-corrected chi connectivity index (χ4v) is 6.40. The van der Waals surface area contributed by atoms with E-state index in [9.17, 15) is 9.90 Å². The summed E-state index contributed by atoms with van der Waals surface area (Å²) in [5.74, 6) is 0.482. The second-order valence-corrected chi connectivity index (χ2v) is 9.88. The highest BCUT2D eigenvalue weighted by Gasteiger charge is 2.57. The number of phenolic OH excluding ortho intramolecular Hbond substituents is 1. The minimum absolute atomic E-state index is 0.0581. The lowest BCUT2D eigenvalue weighted by Crippen LogP contribution is -2.64. The van der Waals surface area contributed by atoms with Crippen LogP contribution < -0.4 is 0 Å². The molecule has 0 radical (unpaired) electrons. The molecule has 1 aliphatic heterocycles. The van der Waals surface area contributed by atoms with E-state index in [-0.39, 0.29) is 22.8 Å². The Morgan fingerprint density at radius 1 is 1.14 bits per heavy atom. The number of hydrogen-bond acceptors (Lipinski definition) is 3. The molecule has 28 heavy (non-hydrogen) atoms. The van der Waals surface area contributed by atoms with Gasteiger partial charge >= 0.3 is 0 Å². The number of phenols is 1. The minimum atomic E-state index is -0.0759. The summed E-state index contributed by atoms with van der Waals surface area (Å²) in [6.07, 6.45) is 1.61. The molecule has 1 aliphatic carbocycles. The molecule has 1 saturated heterocycles. The summed E-state index contributed by atoms with van der Waals surface area (Å²) in [4.78, 5) is 15.7. The van der Waals surface area contributed by atoms with Gasteiger partial charge < -0.3 is 10.0 Å². The Morgan fingerprint density at radius 2 is 1.93 bits per heavy atom. The van der Waals surface area contributed by atoms with Crippen molar-refractivity contribution < 1.29 is 9.90 Å². The molecular formula is C24H25NO2S. The number of hydrogen-bond donors (Lipinski definition) is 1. The van der Waals surface area contributed by atoms with E-state index in [1.54, 1.807) is 17.4 Å². The molecule has 5 rings (SSSR count). The van der Waals surface area contributed by atoms with Crippen molar-refractivity contribution in [3.05, 3.63) is 64.5 Å². The van der Waals surface area contributed by atoms with Gasteiger partial charge in [0.25, 0.3) is 5.91 Å². The van der Waals surface area contributed by atoms with Crippen LogP contribution in [0.4, 0.5) is 0 Å². The van der Waals surface area contributed by atoms with E-state index in [1.807, 2.05) is 29.6 Å². The summed E-state index contributed by atoms with van der Waals surface area (Å²) >= 11 is 1.63. The van der Waals surface area contributed by atoms with Crippen LogP contribution in [0.3, 0.4) is 0 Å². The van der Waals surface area contributed by atoms with Crippen LogP contribution in [0.25, 0.3) is 10.1 Å². The maximum atomic E-state index is 13.6. The molecule has 2 bridgehead atoms. The predicted octanol–water partition coefficient (Wildman–Crippen LogP) is 5.36. The third-order valence-electron chi connectivity index (χ3n) is 7.60. The zero-order chi connectivity index (χ0) is 19.7. The van der Waals surface area contributed by atoms with Crippen molar-refractivity contribution in [2.45, 2.75) is 45.1 Å². The zero-order valence-electron chi connectivity index (χ0n) is 16.5. The Balaban J connectivity index is 1.61. The quantitative estimate of drug-likeness (QED) is 0.606. The molecule has 1 N–H and O–H groups in total. The summed E-state index contributed by atoms with van der Waals surface area (Å²) < 4.78 is 1.15. The molecule has 1 fully saturated rings. The Labute approximate surface area is 169 Å². The van der Waals surface area contributed by atoms with Crippen molar-refractivity contribution in [2.24, 2.45) is 5.41 Å². The number of rotatable bonds is 1. The highest BCUT2D eigenvalue weighted by atomic mass is 32.1. The molecule has 2 aliphatic rings. The third-order valence-corrected chi connectivity index (χ3v) is 8.56. The van der Waals surface area contributed by atoms with E-state index in [0.29, 0.717) is 12.2 Å². The number of aromatic hydroxyl groups is 1. The van der Waals surface area contributed by atoms with Crippen LogP contribution in [-0.4, -0.2) is 28.5 Å². The Kier molecular flexibility index (Phi) is 3.70. The largest absolute Gasteiger partial charge is 0.508 e. The first-order valence-corrected chi connectivity index (χ1v) is 10.8. The van der Waals surface area contributed by atoms with Gasteiger partial charge in [-0.1, -0.05) is 51.1 Å². The van der Waals surface area contributed by atoms with E-state index in [4.69, 9.17) is 0 Å². The van der Waals surface area contributed by atoms with Crippen LogP contribution in [0, 0.1) is 5.41 Å². The summed E-state index contributed by atoms with van der Waals surface area (Å²) in [6, 6.07) is 14.1. The number of fused-ring (bicyclic) bond motifs is 5. The Morgan fingerprint density at radius 3 is 2.75 bits per heavy atom. The molecular weight excluding hydrogens is 366 g/mol. The third kappa shape index (κ3) is 2.18. The number of amides is 1. The molecule has 0 spiro atoms. The van der Waals surface area contributed by atoms with Crippen LogP contribution in [0.1, 0.15) is 48.7 Å². The molecule has 1 amide bonds. The van der Waals surface area contributed by atoms with Gasteiger partial charge in [0.05, 0.1) is 5.56 Å². The van der Waals surface area contributed by atoms with Gasteiger partial charge in [-0.2, -0.15) is 0 Å². The van der Waals surface area contributed by atoms with E-state index < -0.39 is 0 Å². The van der Waals surface area contributed by atoms with Crippen molar-refractivity contribution in [2.75, 3.05) is 6.54 Å². The molecule has 0 saturated carbocycles. The Hall–Kier alpha value is -2.33. The molecule has 3 nitrogen and oxygen atoms in total. The summed E-state index contributed by atoms with van der Waals surface area (Å²) in [6.45, 7) is 7.63. The van der Waals surface area contributed by atoms with Crippen molar-refractivity contribution in [1.29, 1.82) is 0 Å². The molecule has 0 unspecified atom stereocenters. The Bertz CT molecular complexity index is 1100. The van der Waals surface area contributed by atoms with Crippen LogP contribution in [0.15, 0.2) is 47.8 Å². The summed E-state index contributed by atoms with van der Waals surface area (Å²) in [5, 5.41) is 13.6. The molecule has 2 atom stereocenters. The van der Waals surface area contributed by atoms with Crippen molar-refractivity contribution >= 4 is 27.3 Å². The van der Waals surface area contributed by atoms with Gasteiger partial charge in [0, 0.05) is 33.5 Å². The van der Waals surface area contributed by atoms with Crippen molar-refractivity contribution in [3.8, 4) is 5.75 Å². The lowest BCUT2D eigenvalue weighted by atomic mass is 9.51. The zero-order valence-corrected chi connectivity index (χ0v) is 17.3. The fourth-order valence-electron chi connectivity index (χ4n) is 5.47. The average molecular weight is 392 g/mol. The van der Waals surface area contributed by atoms with Crippen molar-refractivity contribution in [1.82, 2.24) is 4.90 Å². The highest BCUT2D eigenvalue weighted by Crippen LogP contribution is 2.57. The van der Waals surface area contributed by atoms with Gasteiger partial charge in [0.2, 0.25) is 0 Å². The van der Waals surface area contributed by atoms with Crippen LogP contribution in [0.5, 0.6) is 5.75 Å². The van der Waals surface area contributed by atoms with Gasteiger partial charge in [-0.3, -0.25) is 4.79 Å². The average Bonchev–Trinajstić information content (AvgIpc) is 3.09. The van der Waals surface area contributed by atoms with Gasteiger partial charge in [0.15, 0.2) is 0 Å². The highest BCUT2D eigenvalue weighted by molar-refractivity contribution is 7.17. The van der Waals surface area contributed by atoms with E-state index in [2.05, 4.69) is 37.8 Å². The number of likely N-dealkylation sites (tertiary alicyclic amines) is 1. The lowest BCUT2D eigenvalue weighted by Gasteiger charge is -2.60. The second kappa shape index (κ2) is 5.84. The first-order valence-electron chi connectivity index (χ1n) is 9.93. The number of nitrogens with zero attached hydrogens (tertiary/aromatic N) is 1. The first-order chi connectivity index (χ1) is 13.3. The van der Waals surface area contributed by atoms with Crippen LogP contribution in [0.2, 0.25) is 0 Å². The minimum Gasteiger partial charge on any atom is -0.508 e. The lowest BCUT2D eigenvalue weighted by molar-refractivity contribution is -0.0265. The van der Waals surface area contributed by atoms with Crippen LogP contribution >= 0.6 is 11.3 Å². The molecule has 2 aromatic carbocycles. The maximum Gasteiger partial charge on any atom is 0.255 e. The van der Waals surface area contributed by atoms with Gasteiger partial charge in [-0.15, -0.1) is 11.3 Å². The predicted molar refractivity (Wildman–Crippen MR) is 114 cm³/mol. The molecule has 2 heterocycles. The fraction of sp³-hybridized carbons (Fsp3) is 0.375. The van der Waals surface area contributed by atoms with E-state index in [1.165, 1.54) is 5.56 Å². The maximum absolute atomic E-state index is 13.6. The number of carbonyl (C=O) groups is 1. The van der Waals surface area contributed by atoms with Gasteiger partial charge in [-0.25, -0.2) is 0 Å². The van der Waals surface area contributed by atoms with E-state index >= 15 is 0 Å². The molecule has 4 heteroatoms. The van der Waals surface area contributed by atoms with Gasteiger partial charge in [0.1, 0.15) is 5.75 Å². The van der Waals surface area contributed by atoms with Crippen molar-refractivity contribution in [3.63, 3.8) is 0 Å². The van der Waals surface area contributed by atoms with Gasteiger partial charge in [-0.05, 0) is 41.5 Å². The van der Waals surface area contributed by atoms with Crippen LogP contribution in [-0.2, 0) is 11.8 Å². The number of thiophene rings is 1. The normalized spacial score (nSPS) is 25.5. The number of benzene rings is 2. The smallest absolute Gasteiger partial charge is 0.255 e.